The molecular weight excluding hydrogens is 288 g/mol. The van der Waals surface area contributed by atoms with E-state index >= 15 is 0 Å². The number of hydrogen-bond acceptors (Lipinski definition) is 3. The summed E-state index contributed by atoms with van der Waals surface area (Å²) in [7, 11) is 0. The van der Waals surface area contributed by atoms with Gasteiger partial charge in [0.2, 0.25) is 0 Å². The van der Waals surface area contributed by atoms with Gasteiger partial charge in [0.1, 0.15) is 18.5 Å². The molecule has 2 aromatic rings. The number of benzene rings is 1. The number of aromatic nitrogens is 3. The van der Waals surface area contributed by atoms with Crippen LogP contribution in [0.3, 0.4) is 0 Å². The summed E-state index contributed by atoms with van der Waals surface area (Å²) in [4.78, 5) is 3.78. The fourth-order valence-corrected chi connectivity index (χ4v) is 1.92. The van der Waals surface area contributed by atoms with Crippen molar-refractivity contribution in [3.8, 4) is 0 Å². The number of hydrogen-bond donors (Lipinski definition) is 1. The Hall–Kier alpha value is -1.96. The van der Waals surface area contributed by atoms with Crippen LogP contribution in [0.4, 0.5) is 17.6 Å². The maximum Gasteiger partial charge on any atom is 0.416 e. The van der Waals surface area contributed by atoms with Crippen molar-refractivity contribution in [1.29, 1.82) is 0 Å². The number of nitrogens with zero attached hydrogens (tertiary/aromatic N) is 3. The van der Waals surface area contributed by atoms with Crippen LogP contribution in [0.25, 0.3) is 0 Å². The summed E-state index contributed by atoms with van der Waals surface area (Å²) in [5, 5.41) is 6.87. The molecule has 0 amide bonds. The van der Waals surface area contributed by atoms with Crippen molar-refractivity contribution in [1.82, 2.24) is 20.1 Å². The highest BCUT2D eigenvalue weighted by Gasteiger charge is 2.33. The molecule has 4 nitrogen and oxygen atoms in total. The lowest BCUT2D eigenvalue weighted by Gasteiger charge is -2.17. The summed E-state index contributed by atoms with van der Waals surface area (Å²) in [6, 6.07) is 2.57. The summed E-state index contributed by atoms with van der Waals surface area (Å²) < 4.78 is 53.1. The first-order chi connectivity index (χ1) is 9.86. The molecule has 114 valence electrons. The molecule has 0 aliphatic carbocycles. The van der Waals surface area contributed by atoms with Crippen molar-refractivity contribution in [2.24, 2.45) is 0 Å². The second-order valence-corrected chi connectivity index (χ2v) is 4.70. The van der Waals surface area contributed by atoms with Gasteiger partial charge in [-0.15, -0.1) is 0 Å². The lowest BCUT2D eigenvalue weighted by molar-refractivity contribution is -0.138. The van der Waals surface area contributed by atoms with Gasteiger partial charge in [0.15, 0.2) is 0 Å². The standard InChI is InChI=1S/C13H14F4N4/c1-9(6-21-8-18-7-20-21)19-5-10-2-3-11(14)4-12(10)13(15,16)17/h2-4,7-9,19H,5-6H2,1H3/t9-/m1/s1. The van der Waals surface area contributed by atoms with Crippen LogP contribution in [0.1, 0.15) is 18.1 Å². The predicted molar refractivity (Wildman–Crippen MR) is 67.7 cm³/mol. The molecule has 0 aliphatic rings. The highest BCUT2D eigenvalue weighted by molar-refractivity contribution is 5.30. The summed E-state index contributed by atoms with van der Waals surface area (Å²) in [6.45, 7) is 2.28. The number of nitrogens with one attached hydrogen (secondary N) is 1. The topological polar surface area (TPSA) is 42.7 Å². The largest absolute Gasteiger partial charge is 0.416 e. The van der Waals surface area contributed by atoms with Crippen molar-refractivity contribution >= 4 is 0 Å². The van der Waals surface area contributed by atoms with E-state index in [1.54, 1.807) is 4.68 Å². The van der Waals surface area contributed by atoms with Gasteiger partial charge in [-0.05, 0) is 24.6 Å². The molecule has 0 unspecified atom stereocenters. The third kappa shape index (κ3) is 4.25. The lowest BCUT2D eigenvalue weighted by Crippen LogP contribution is -2.31. The van der Waals surface area contributed by atoms with Crippen LogP contribution in [-0.4, -0.2) is 20.8 Å². The van der Waals surface area contributed by atoms with Crippen LogP contribution >= 0.6 is 0 Å². The van der Waals surface area contributed by atoms with Crippen LogP contribution < -0.4 is 5.32 Å². The molecule has 1 heterocycles. The number of halogens is 4. The Morgan fingerprint density at radius 2 is 2.10 bits per heavy atom. The van der Waals surface area contributed by atoms with Gasteiger partial charge in [0.25, 0.3) is 0 Å². The first-order valence-electron chi connectivity index (χ1n) is 6.27. The van der Waals surface area contributed by atoms with Crippen LogP contribution in [0.15, 0.2) is 30.9 Å². The van der Waals surface area contributed by atoms with Crippen molar-refractivity contribution < 1.29 is 17.6 Å². The summed E-state index contributed by atoms with van der Waals surface area (Å²) >= 11 is 0. The molecule has 0 saturated carbocycles. The zero-order valence-electron chi connectivity index (χ0n) is 11.2. The lowest BCUT2D eigenvalue weighted by atomic mass is 10.1. The van der Waals surface area contributed by atoms with Crippen molar-refractivity contribution in [3.63, 3.8) is 0 Å². The van der Waals surface area contributed by atoms with E-state index in [-0.39, 0.29) is 18.2 Å². The van der Waals surface area contributed by atoms with Crippen molar-refractivity contribution in [2.45, 2.75) is 32.2 Å². The molecule has 2 rings (SSSR count). The Morgan fingerprint density at radius 3 is 2.71 bits per heavy atom. The average molecular weight is 302 g/mol. The van der Waals surface area contributed by atoms with Gasteiger partial charge in [-0.3, -0.25) is 4.68 Å². The zero-order valence-corrected chi connectivity index (χ0v) is 11.2. The first-order valence-corrected chi connectivity index (χ1v) is 6.27. The molecule has 1 N–H and O–H groups in total. The predicted octanol–water partition coefficient (Wildman–Crippen LogP) is 2.61. The molecule has 0 saturated heterocycles. The number of alkyl halides is 3. The third-order valence-corrected chi connectivity index (χ3v) is 2.95. The summed E-state index contributed by atoms with van der Waals surface area (Å²) in [5.41, 5.74) is -0.947. The molecule has 1 aromatic heterocycles. The molecule has 0 spiro atoms. The van der Waals surface area contributed by atoms with E-state index < -0.39 is 17.6 Å². The Kier molecular flexibility index (Phi) is 4.56. The Balaban J connectivity index is 2.03. The fraction of sp³-hybridized carbons (Fsp3) is 0.385. The van der Waals surface area contributed by atoms with Gasteiger partial charge in [0.05, 0.1) is 12.1 Å². The van der Waals surface area contributed by atoms with E-state index in [9.17, 15) is 17.6 Å². The smallest absolute Gasteiger partial charge is 0.308 e. The number of rotatable bonds is 5. The van der Waals surface area contributed by atoms with Gasteiger partial charge in [-0.25, -0.2) is 9.37 Å². The van der Waals surface area contributed by atoms with E-state index in [1.807, 2.05) is 6.92 Å². The molecule has 1 aromatic carbocycles. The Morgan fingerprint density at radius 1 is 1.33 bits per heavy atom. The maximum absolute atomic E-state index is 13.0. The quantitative estimate of drug-likeness (QED) is 0.863. The zero-order chi connectivity index (χ0) is 15.5. The average Bonchev–Trinajstić information content (AvgIpc) is 2.89. The highest BCUT2D eigenvalue weighted by Crippen LogP contribution is 2.32. The molecular formula is C13H14F4N4. The minimum atomic E-state index is -4.58. The summed E-state index contributed by atoms with van der Waals surface area (Å²) in [5.74, 6) is -0.901. The van der Waals surface area contributed by atoms with Gasteiger partial charge in [-0.2, -0.15) is 18.3 Å². The van der Waals surface area contributed by atoms with E-state index in [4.69, 9.17) is 0 Å². The minimum absolute atomic E-state index is 0.00865. The van der Waals surface area contributed by atoms with Crippen LogP contribution in [0.2, 0.25) is 0 Å². The second kappa shape index (κ2) is 6.21. The van der Waals surface area contributed by atoms with E-state index in [2.05, 4.69) is 15.4 Å². The molecule has 0 aliphatic heterocycles. The van der Waals surface area contributed by atoms with Crippen molar-refractivity contribution in [3.05, 3.63) is 47.8 Å². The monoisotopic (exact) mass is 302 g/mol. The second-order valence-electron chi connectivity index (χ2n) is 4.70. The SMILES string of the molecule is C[C@H](Cn1cncn1)NCc1ccc(F)cc1C(F)(F)F. The van der Waals surface area contributed by atoms with Gasteiger partial charge in [-0.1, -0.05) is 6.07 Å². The Labute approximate surface area is 118 Å². The normalized spacial score (nSPS) is 13.4. The molecule has 21 heavy (non-hydrogen) atoms. The first kappa shape index (κ1) is 15.4. The molecule has 0 bridgehead atoms. The third-order valence-electron chi connectivity index (χ3n) is 2.95. The molecule has 1 atom stereocenters. The van der Waals surface area contributed by atoms with Crippen LogP contribution in [0.5, 0.6) is 0 Å². The molecule has 8 heteroatoms. The van der Waals surface area contributed by atoms with Gasteiger partial charge >= 0.3 is 6.18 Å². The molecule has 0 radical (unpaired) electrons. The van der Waals surface area contributed by atoms with Gasteiger partial charge in [0, 0.05) is 12.6 Å². The van der Waals surface area contributed by atoms with E-state index in [1.165, 1.54) is 12.7 Å². The van der Waals surface area contributed by atoms with Crippen LogP contribution in [0, 0.1) is 5.82 Å². The van der Waals surface area contributed by atoms with Crippen molar-refractivity contribution in [2.75, 3.05) is 0 Å². The summed E-state index contributed by atoms with van der Waals surface area (Å²) in [6.07, 6.45) is -1.67. The van der Waals surface area contributed by atoms with Crippen LogP contribution in [-0.2, 0) is 19.3 Å². The fourth-order valence-electron chi connectivity index (χ4n) is 1.92. The maximum atomic E-state index is 13.0. The molecule has 0 fully saturated rings. The Bertz CT molecular complexity index is 580. The highest BCUT2D eigenvalue weighted by atomic mass is 19.4. The van der Waals surface area contributed by atoms with E-state index in [0.717, 1.165) is 12.1 Å². The van der Waals surface area contributed by atoms with Gasteiger partial charge < -0.3 is 5.32 Å². The van der Waals surface area contributed by atoms with E-state index in [0.29, 0.717) is 12.6 Å². The minimum Gasteiger partial charge on any atom is -0.308 e.